The van der Waals surface area contributed by atoms with Gasteiger partial charge in [0.05, 0.1) is 0 Å². The molecule has 0 fully saturated rings. The fourth-order valence-corrected chi connectivity index (χ4v) is 9.63. The van der Waals surface area contributed by atoms with Crippen molar-refractivity contribution in [3.63, 3.8) is 0 Å². The van der Waals surface area contributed by atoms with Crippen molar-refractivity contribution in [3.05, 3.63) is 163 Å². The maximum Gasteiger partial charge on any atom is 0.0477 e. The molecular weight excluding hydrogens is 453 g/mol. The summed E-state index contributed by atoms with van der Waals surface area (Å²) in [5.41, 5.74) is 3.61. The molecule has 0 saturated carbocycles. The summed E-state index contributed by atoms with van der Waals surface area (Å²) in [7, 11) is 1.94. The summed E-state index contributed by atoms with van der Waals surface area (Å²) in [6, 6.07) is 54.6. The van der Waals surface area contributed by atoms with Gasteiger partial charge in [-0.2, -0.15) is 0 Å². The molecule has 5 rings (SSSR count). The summed E-state index contributed by atoms with van der Waals surface area (Å²) in [6.45, 7) is -2.31. The molecule has 0 aliphatic rings. The molecule has 5 aromatic rings. The van der Waals surface area contributed by atoms with Gasteiger partial charge in [0.25, 0.3) is 0 Å². The average molecular weight is 484 g/mol. The van der Waals surface area contributed by atoms with Gasteiger partial charge in [0.1, 0.15) is 0 Å². The maximum atomic E-state index is 5.01. The van der Waals surface area contributed by atoms with Crippen molar-refractivity contribution in [3.8, 4) is 0 Å². The zero-order chi connectivity index (χ0) is 24.6. The molecular formula is C34H30NP. The van der Waals surface area contributed by atoms with E-state index in [1.54, 1.807) is 0 Å². The summed E-state index contributed by atoms with van der Waals surface area (Å²) in [4.78, 5) is 5.01. The highest BCUT2D eigenvalue weighted by molar-refractivity contribution is 7.96. The first kappa shape index (κ1) is 23.8. The molecule has 36 heavy (non-hydrogen) atoms. The first-order valence-electron chi connectivity index (χ1n) is 12.3. The summed E-state index contributed by atoms with van der Waals surface area (Å²) < 4.78 is 0. The van der Waals surface area contributed by atoms with Gasteiger partial charge in [-0.25, -0.2) is 0 Å². The van der Waals surface area contributed by atoms with Gasteiger partial charge in [0.15, 0.2) is 0 Å². The predicted octanol–water partition coefficient (Wildman–Crippen LogP) is 6.51. The Kier molecular flexibility index (Phi) is 7.41. The Bertz CT molecular complexity index is 1370. The molecule has 0 bridgehead atoms. The molecule has 0 aromatic heterocycles. The molecule has 0 aliphatic carbocycles. The molecule has 0 unspecified atom stereocenters. The topological polar surface area (TPSA) is 12.4 Å². The monoisotopic (exact) mass is 483 g/mol. The van der Waals surface area contributed by atoms with Gasteiger partial charge in [0.2, 0.25) is 0 Å². The van der Waals surface area contributed by atoms with E-state index < -0.39 is 6.89 Å². The fraction of sp³-hybridized carbons (Fsp3) is 0.0588. The van der Waals surface area contributed by atoms with E-state index in [9.17, 15) is 0 Å². The van der Waals surface area contributed by atoms with Gasteiger partial charge in [-0.1, -0.05) is 152 Å². The van der Waals surface area contributed by atoms with E-state index in [0.29, 0.717) is 0 Å². The van der Waals surface area contributed by atoms with E-state index in [2.05, 4.69) is 152 Å². The highest BCUT2D eigenvalue weighted by atomic mass is 31.2. The standard InChI is InChI=1S/C34H30NP/c1-35-33(27-28-17-7-2-8-18-28)34(29-19-9-3-10-20-29)36(30-21-11-4-12-22-30,31-23-13-5-14-24-31)32-25-15-6-16-26-32/h2-26H,27H2,1H3. The van der Waals surface area contributed by atoms with Crippen LogP contribution >= 0.6 is 6.89 Å². The number of nitrogens with zero attached hydrogens (tertiary/aromatic N) is 1. The molecule has 0 spiro atoms. The van der Waals surface area contributed by atoms with Crippen molar-refractivity contribution in [2.24, 2.45) is 4.99 Å². The lowest BCUT2D eigenvalue weighted by Gasteiger charge is -2.34. The van der Waals surface area contributed by atoms with Crippen LogP contribution in [0.3, 0.4) is 0 Å². The van der Waals surface area contributed by atoms with E-state index in [-0.39, 0.29) is 0 Å². The summed E-state index contributed by atoms with van der Waals surface area (Å²) >= 11 is 0. The fourth-order valence-electron chi connectivity index (χ4n) is 5.00. The second-order valence-electron chi connectivity index (χ2n) is 8.72. The zero-order valence-electron chi connectivity index (χ0n) is 20.5. The minimum Gasteiger partial charge on any atom is -0.292 e. The minimum absolute atomic E-state index is 0.774. The van der Waals surface area contributed by atoms with Crippen LogP contribution in [0.1, 0.15) is 11.1 Å². The number of rotatable bonds is 7. The predicted molar refractivity (Wildman–Crippen MR) is 159 cm³/mol. The van der Waals surface area contributed by atoms with E-state index >= 15 is 0 Å². The second-order valence-corrected chi connectivity index (χ2v) is 12.1. The van der Waals surface area contributed by atoms with Crippen LogP contribution in [0.5, 0.6) is 0 Å². The van der Waals surface area contributed by atoms with Gasteiger partial charge in [-0.15, -0.1) is 0 Å². The molecule has 1 nitrogen and oxygen atoms in total. The van der Waals surface area contributed by atoms with Crippen LogP contribution in [-0.4, -0.2) is 18.1 Å². The van der Waals surface area contributed by atoms with Crippen LogP contribution in [0.25, 0.3) is 0 Å². The van der Waals surface area contributed by atoms with E-state index in [1.807, 2.05) is 7.05 Å². The number of hydrogen-bond donors (Lipinski definition) is 0. The molecule has 5 aromatic carbocycles. The molecule has 0 aliphatic heterocycles. The van der Waals surface area contributed by atoms with Gasteiger partial charge in [-0.3, -0.25) is 4.99 Å². The summed E-state index contributed by atoms with van der Waals surface area (Å²) in [6.07, 6.45) is 0.774. The zero-order valence-corrected chi connectivity index (χ0v) is 21.4. The Balaban J connectivity index is 2.00. The van der Waals surface area contributed by atoms with Crippen LogP contribution in [-0.2, 0) is 6.42 Å². The smallest absolute Gasteiger partial charge is 0.0477 e. The lowest BCUT2D eigenvalue weighted by Crippen LogP contribution is -2.34. The molecule has 0 radical (unpaired) electrons. The molecule has 0 atom stereocenters. The van der Waals surface area contributed by atoms with Crippen LogP contribution in [0.4, 0.5) is 0 Å². The first-order chi connectivity index (χ1) is 17.8. The van der Waals surface area contributed by atoms with Crippen LogP contribution in [0, 0.1) is 0 Å². The largest absolute Gasteiger partial charge is 0.292 e. The molecule has 0 amide bonds. The summed E-state index contributed by atoms with van der Waals surface area (Å²) in [5.74, 6) is 0. The van der Waals surface area contributed by atoms with Crippen molar-refractivity contribution in [1.29, 1.82) is 0 Å². The average Bonchev–Trinajstić information content (AvgIpc) is 2.97. The highest BCUT2D eigenvalue weighted by Gasteiger charge is 2.32. The minimum atomic E-state index is -2.31. The number of aliphatic imine (C=N–C) groups is 1. The molecule has 2 heteroatoms. The van der Waals surface area contributed by atoms with Crippen molar-refractivity contribution >= 4 is 33.8 Å². The second kappa shape index (κ2) is 11.2. The van der Waals surface area contributed by atoms with Crippen LogP contribution in [0.15, 0.2) is 157 Å². The Labute approximate surface area is 214 Å². The third-order valence-corrected chi connectivity index (χ3v) is 11.0. The van der Waals surface area contributed by atoms with Crippen molar-refractivity contribution in [1.82, 2.24) is 0 Å². The quantitative estimate of drug-likeness (QED) is 0.185. The normalized spacial score (nSPS) is 11.8. The number of benzene rings is 5. The highest BCUT2D eigenvalue weighted by Crippen LogP contribution is 2.48. The van der Waals surface area contributed by atoms with Crippen LogP contribution < -0.4 is 15.9 Å². The van der Waals surface area contributed by atoms with Crippen LogP contribution in [0.2, 0.25) is 0 Å². The number of hydrogen-bond acceptors (Lipinski definition) is 1. The lowest BCUT2D eigenvalue weighted by molar-refractivity contribution is 1.30. The van der Waals surface area contributed by atoms with E-state index in [0.717, 1.165) is 12.1 Å². The van der Waals surface area contributed by atoms with Gasteiger partial charge >= 0.3 is 0 Å². The maximum absolute atomic E-state index is 5.01. The van der Waals surface area contributed by atoms with Crippen molar-refractivity contribution in [2.45, 2.75) is 6.42 Å². The molecule has 0 N–H and O–H groups in total. The van der Waals surface area contributed by atoms with Crippen molar-refractivity contribution < 1.29 is 0 Å². The Morgan fingerprint density at radius 1 is 0.500 bits per heavy atom. The SMILES string of the molecule is CN=C(Cc1ccccc1)C(c1ccccc1)=P(c1ccccc1)(c1ccccc1)c1ccccc1. The Morgan fingerprint density at radius 3 is 1.25 bits per heavy atom. The van der Waals surface area contributed by atoms with Gasteiger partial charge < -0.3 is 0 Å². The Hall–Kier alpha value is -3.93. The third kappa shape index (κ3) is 4.63. The lowest BCUT2D eigenvalue weighted by atomic mass is 10.0. The van der Waals surface area contributed by atoms with Crippen molar-refractivity contribution in [2.75, 3.05) is 7.05 Å². The third-order valence-electron chi connectivity index (χ3n) is 6.57. The van der Waals surface area contributed by atoms with E-state index in [4.69, 9.17) is 4.99 Å². The van der Waals surface area contributed by atoms with Gasteiger partial charge in [-0.05, 0) is 33.9 Å². The Morgan fingerprint density at radius 2 is 0.861 bits per heavy atom. The first-order valence-corrected chi connectivity index (χ1v) is 14.1. The molecule has 0 heterocycles. The van der Waals surface area contributed by atoms with Gasteiger partial charge in [0, 0.05) is 24.5 Å². The van der Waals surface area contributed by atoms with E-state index in [1.165, 1.54) is 32.3 Å². The molecule has 0 saturated heterocycles. The summed E-state index contributed by atoms with van der Waals surface area (Å²) in [5, 5.41) is 5.31. The molecule has 176 valence electrons.